The van der Waals surface area contributed by atoms with Crippen LogP contribution in [0.15, 0.2) is 53.4 Å². The number of fused-ring (bicyclic) bond motifs is 1. The van der Waals surface area contributed by atoms with Gasteiger partial charge < -0.3 is 0 Å². The average Bonchev–Trinajstić information content (AvgIpc) is 2.67. The number of nitrogens with one attached hydrogen (secondary N) is 1. The molecule has 0 amide bonds. The second-order valence-corrected chi connectivity index (χ2v) is 9.19. The maximum absolute atomic E-state index is 12.3. The molecule has 2 aromatic carbocycles. The molecule has 1 aliphatic heterocycles. The van der Waals surface area contributed by atoms with Crippen LogP contribution in [0.1, 0.15) is 42.4 Å². The van der Waals surface area contributed by atoms with Crippen LogP contribution in [-0.4, -0.2) is 33.0 Å². The molecule has 1 heterocycles. The average molecular weight is 387 g/mol. The van der Waals surface area contributed by atoms with Crippen molar-refractivity contribution in [3.63, 3.8) is 0 Å². The van der Waals surface area contributed by atoms with E-state index in [9.17, 15) is 8.42 Å². The highest BCUT2D eigenvalue weighted by atomic mass is 32.2. The van der Waals surface area contributed by atoms with Gasteiger partial charge in [-0.2, -0.15) is 0 Å². The van der Waals surface area contributed by atoms with E-state index in [0.717, 1.165) is 50.9 Å². The molecule has 0 saturated carbocycles. The Morgan fingerprint density at radius 2 is 1.74 bits per heavy atom. The van der Waals surface area contributed by atoms with Crippen molar-refractivity contribution in [1.29, 1.82) is 0 Å². The fraction of sp³-hybridized carbons (Fsp3) is 0.455. The van der Waals surface area contributed by atoms with Crippen molar-refractivity contribution in [2.24, 2.45) is 0 Å². The van der Waals surface area contributed by atoms with Gasteiger partial charge in [0.2, 0.25) is 10.0 Å². The first-order valence-electron chi connectivity index (χ1n) is 9.90. The lowest BCUT2D eigenvalue weighted by Gasteiger charge is -2.28. The van der Waals surface area contributed by atoms with Gasteiger partial charge in [-0.25, -0.2) is 13.1 Å². The number of nitrogens with zero attached hydrogens (tertiary/aromatic N) is 1. The van der Waals surface area contributed by atoms with E-state index < -0.39 is 10.0 Å². The van der Waals surface area contributed by atoms with Crippen LogP contribution in [0.3, 0.4) is 0 Å². The molecule has 0 bridgehead atoms. The zero-order valence-corrected chi connectivity index (χ0v) is 17.0. The van der Waals surface area contributed by atoms with E-state index in [4.69, 9.17) is 0 Å². The van der Waals surface area contributed by atoms with E-state index in [1.807, 2.05) is 13.0 Å². The molecule has 3 rings (SSSR count). The van der Waals surface area contributed by atoms with Crippen LogP contribution in [-0.2, 0) is 23.0 Å². The molecule has 0 atom stereocenters. The van der Waals surface area contributed by atoms with Gasteiger partial charge in [0.25, 0.3) is 0 Å². The zero-order valence-electron chi connectivity index (χ0n) is 16.2. The number of aryl methyl sites for hydroxylation is 1. The third kappa shape index (κ3) is 5.89. The molecule has 0 aromatic heterocycles. The first-order valence-corrected chi connectivity index (χ1v) is 11.4. The van der Waals surface area contributed by atoms with Crippen LogP contribution in [0.25, 0.3) is 0 Å². The Hall–Kier alpha value is -1.69. The minimum atomic E-state index is -3.38. The molecule has 0 aliphatic carbocycles. The van der Waals surface area contributed by atoms with Crippen LogP contribution < -0.4 is 4.72 Å². The number of rotatable bonds is 9. The maximum Gasteiger partial charge on any atom is 0.240 e. The number of hydrogen-bond donors (Lipinski definition) is 1. The van der Waals surface area contributed by atoms with E-state index in [0.29, 0.717) is 11.4 Å². The number of hydrogen-bond acceptors (Lipinski definition) is 3. The quantitative estimate of drug-likeness (QED) is 0.665. The molecule has 0 radical (unpaired) electrons. The van der Waals surface area contributed by atoms with Gasteiger partial charge >= 0.3 is 0 Å². The number of benzene rings is 2. The second kappa shape index (κ2) is 9.49. The Labute approximate surface area is 163 Å². The normalized spacial score (nSPS) is 14.9. The molecule has 0 saturated heterocycles. The van der Waals surface area contributed by atoms with E-state index in [1.165, 1.54) is 17.5 Å². The van der Waals surface area contributed by atoms with E-state index in [1.54, 1.807) is 18.2 Å². The topological polar surface area (TPSA) is 49.4 Å². The van der Waals surface area contributed by atoms with Gasteiger partial charge in [-0.15, -0.1) is 0 Å². The van der Waals surface area contributed by atoms with Crippen LogP contribution >= 0.6 is 0 Å². The molecular formula is C22H30N2O2S. The van der Waals surface area contributed by atoms with Gasteiger partial charge in [-0.05, 0) is 61.6 Å². The van der Waals surface area contributed by atoms with Crippen molar-refractivity contribution < 1.29 is 8.42 Å². The van der Waals surface area contributed by atoms with Gasteiger partial charge in [0.1, 0.15) is 0 Å². The first-order chi connectivity index (χ1) is 13.0. The molecule has 4 nitrogen and oxygen atoms in total. The molecule has 1 N–H and O–H groups in total. The summed E-state index contributed by atoms with van der Waals surface area (Å²) in [7, 11) is -3.38. The van der Waals surface area contributed by atoms with Gasteiger partial charge in [-0.1, -0.05) is 49.2 Å². The number of sulfonamides is 1. The Morgan fingerprint density at radius 1 is 0.963 bits per heavy atom. The molecule has 27 heavy (non-hydrogen) atoms. The van der Waals surface area contributed by atoms with Gasteiger partial charge in [0.15, 0.2) is 0 Å². The van der Waals surface area contributed by atoms with Crippen LogP contribution in [0.5, 0.6) is 0 Å². The minimum absolute atomic E-state index is 0.355. The Kier molecular flexibility index (Phi) is 7.05. The summed E-state index contributed by atoms with van der Waals surface area (Å²) in [6.07, 6.45) is 5.41. The van der Waals surface area contributed by atoms with E-state index >= 15 is 0 Å². The third-order valence-corrected chi connectivity index (χ3v) is 6.66. The predicted molar refractivity (Wildman–Crippen MR) is 110 cm³/mol. The van der Waals surface area contributed by atoms with Crippen molar-refractivity contribution >= 4 is 10.0 Å². The summed E-state index contributed by atoms with van der Waals surface area (Å²) in [5.74, 6) is 0. The minimum Gasteiger partial charge on any atom is -0.299 e. The van der Waals surface area contributed by atoms with E-state index in [-0.39, 0.29) is 0 Å². The van der Waals surface area contributed by atoms with Gasteiger partial charge in [-0.3, -0.25) is 4.90 Å². The molecule has 0 fully saturated rings. The smallest absolute Gasteiger partial charge is 0.240 e. The summed E-state index contributed by atoms with van der Waals surface area (Å²) in [5.41, 5.74) is 3.92. The molecule has 0 spiro atoms. The lowest BCUT2D eigenvalue weighted by Crippen LogP contribution is -2.31. The zero-order chi connectivity index (χ0) is 19.1. The Balaban J connectivity index is 1.30. The van der Waals surface area contributed by atoms with Gasteiger partial charge in [0, 0.05) is 19.6 Å². The van der Waals surface area contributed by atoms with Crippen molar-refractivity contribution in [1.82, 2.24) is 9.62 Å². The van der Waals surface area contributed by atoms with Crippen molar-refractivity contribution in [3.05, 3.63) is 65.2 Å². The first kappa shape index (κ1) is 20.1. The fourth-order valence-electron chi connectivity index (χ4n) is 3.63. The largest absolute Gasteiger partial charge is 0.299 e. The standard InChI is InChI=1S/C22H30N2O2S/c1-19-9-8-12-22(17-19)27(25,26)23-14-6-2-3-7-15-24-16-13-20-10-4-5-11-21(20)18-24/h4-5,8-12,17,23H,2-3,6-7,13-16,18H2,1H3. The lowest BCUT2D eigenvalue weighted by atomic mass is 10.00. The van der Waals surface area contributed by atoms with Crippen LogP contribution in [0, 0.1) is 6.92 Å². The molecule has 1 aliphatic rings. The molecule has 5 heteroatoms. The van der Waals surface area contributed by atoms with Crippen molar-refractivity contribution in [2.45, 2.75) is 50.5 Å². The Bertz CT molecular complexity index is 849. The summed E-state index contributed by atoms with van der Waals surface area (Å²) in [4.78, 5) is 2.89. The maximum atomic E-state index is 12.3. The summed E-state index contributed by atoms with van der Waals surface area (Å²) in [5, 5.41) is 0. The molecule has 2 aromatic rings. The summed E-state index contributed by atoms with van der Waals surface area (Å²) in [6.45, 7) is 5.75. The highest BCUT2D eigenvalue weighted by Crippen LogP contribution is 2.19. The van der Waals surface area contributed by atoms with E-state index in [2.05, 4.69) is 33.9 Å². The second-order valence-electron chi connectivity index (χ2n) is 7.42. The number of unbranched alkanes of at least 4 members (excludes halogenated alkanes) is 3. The van der Waals surface area contributed by atoms with Gasteiger partial charge in [0.05, 0.1) is 4.90 Å². The summed E-state index contributed by atoms with van der Waals surface area (Å²) < 4.78 is 27.2. The summed E-state index contributed by atoms with van der Waals surface area (Å²) in [6, 6.07) is 15.8. The highest BCUT2D eigenvalue weighted by molar-refractivity contribution is 7.89. The highest BCUT2D eigenvalue weighted by Gasteiger charge is 2.15. The monoisotopic (exact) mass is 386 g/mol. The van der Waals surface area contributed by atoms with Crippen molar-refractivity contribution in [2.75, 3.05) is 19.6 Å². The molecular weight excluding hydrogens is 356 g/mol. The fourth-order valence-corrected chi connectivity index (χ4v) is 4.81. The SMILES string of the molecule is Cc1cccc(S(=O)(=O)NCCCCCCN2CCc3ccccc3C2)c1. The van der Waals surface area contributed by atoms with Crippen LogP contribution in [0.4, 0.5) is 0 Å². The molecule has 146 valence electrons. The molecule has 0 unspecified atom stereocenters. The third-order valence-electron chi connectivity index (χ3n) is 5.20. The summed E-state index contributed by atoms with van der Waals surface area (Å²) >= 11 is 0. The van der Waals surface area contributed by atoms with Crippen LogP contribution in [0.2, 0.25) is 0 Å². The lowest BCUT2D eigenvalue weighted by molar-refractivity contribution is 0.248. The Morgan fingerprint density at radius 3 is 2.56 bits per heavy atom. The van der Waals surface area contributed by atoms with Crippen molar-refractivity contribution in [3.8, 4) is 0 Å². The predicted octanol–water partition coefficient (Wildman–Crippen LogP) is 3.89.